The number of carbonyl (C=O) groups is 3. The molecule has 0 bridgehead atoms. The Bertz CT molecular complexity index is 1370. The lowest BCUT2D eigenvalue weighted by Gasteiger charge is -2.34. The molecule has 8 nitrogen and oxygen atoms in total. The van der Waals surface area contributed by atoms with Crippen LogP contribution in [0.5, 0.6) is 5.75 Å². The molecule has 3 amide bonds. The van der Waals surface area contributed by atoms with E-state index in [0.717, 1.165) is 11.1 Å². The molecule has 0 aliphatic carbocycles. The summed E-state index contributed by atoms with van der Waals surface area (Å²) >= 11 is 6.39. The Morgan fingerprint density at radius 3 is 2.29 bits per heavy atom. The number of para-hydroxylation sites is 2. The van der Waals surface area contributed by atoms with E-state index in [1.165, 1.54) is 17.0 Å². The van der Waals surface area contributed by atoms with Gasteiger partial charge < -0.3 is 25.4 Å². The first kappa shape index (κ1) is 31.2. The maximum absolute atomic E-state index is 14.3. The fourth-order valence-electron chi connectivity index (χ4n) is 4.31. The van der Waals surface area contributed by atoms with Gasteiger partial charge in [0.15, 0.2) is 0 Å². The van der Waals surface area contributed by atoms with Crippen molar-refractivity contribution in [1.29, 1.82) is 0 Å². The van der Waals surface area contributed by atoms with Crippen LogP contribution in [-0.4, -0.2) is 46.1 Å². The number of phenolic OH excluding ortho intramolecular Hbond substituents is 1. The summed E-state index contributed by atoms with van der Waals surface area (Å²) in [6.07, 6.45) is 0.831. The number of ether oxygens (including phenoxy) is 1. The number of benzene rings is 3. The van der Waals surface area contributed by atoms with Crippen LogP contribution in [0.25, 0.3) is 0 Å². The number of hydrogen-bond acceptors (Lipinski definition) is 5. The van der Waals surface area contributed by atoms with Gasteiger partial charge in [-0.05, 0) is 51.0 Å². The van der Waals surface area contributed by atoms with E-state index >= 15 is 0 Å². The molecule has 9 heteroatoms. The first-order chi connectivity index (χ1) is 19.4. The Morgan fingerprint density at radius 2 is 1.68 bits per heavy atom. The van der Waals surface area contributed by atoms with Crippen LogP contribution in [0, 0.1) is 6.92 Å². The number of anilines is 1. The van der Waals surface area contributed by atoms with Crippen LogP contribution in [0.4, 0.5) is 10.5 Å². The number of aromatic hydroxyl groups is 1. The molecule has 41 heavy (non-hydrogen) atoms. The van der Waals surface area contributed by atoms with Crippen molar-refractivity contribution < 1.29 is 24.2 Å². The predicted molar refractivity (Wildman–Crippen MR) is 161 cm³/mol. The molecule has 3 aromatic carbocycles. The lowest BCUT2D eigenvalue weighted by atomic mass is 9.99. The molecule has 3 rings (SSSR count). The summed E-state index contributed by atoms with van der Waals surface area (Å²) in [5.74, 6) is -1.35. The number of amides is 3. The Hall–Kier alpha value is -4.30. The number of nitrogens with one attached hydrogen (secondary N) is 2. The van der Waals surface area contributed by atoms with Crippen molar-refractivity contribution in [2.75, 3.05) is 11.9 Å². The Balaban J connectivity index is 2.07. The minimum Gasteiger partial charge on any atom is -0.508 e. The molecule has 2 unspecified atom stereocenters. The third kappa shape index (κ3) is 8.59. The second-order valence-corrected chi connectivity index (χ2v) is 11.0. The van der Waals surface area contributed by atoms with Crippen molar-refractivity contribution in [3.63, 3.8) is 0 Å². The van der Waals surface area contributed by atoms with Crippen molar-refractivity contribution in [1.82, 2.24) is 10.2 Å². The average Bonchev–Trinajstić information content (AvgIpc) is 2.90. The molecule has 0 fully saturated rings. The van der Waals surface area contributed by atoms with Gasteiger partial charge in [-0.3, -0.25) is 9.59 Å². The zero-order valence-corrected chi connectivity index (χ0v) is 24.4. The molecule has 0 spiro atoms. The maximum Gasteiger partial charge on any atom is 0.408 e. The highest BCUT2D eigenvalue weighted by atomic mass is 35.5. The minimum absolute atomic E-state index is 0.0615. The lowest BCUT2D eigenvalue weighted by Crippen LogP contribution is -2.53. The van der Waals surface area contributed by atoms with Gasteiger partial charge in [0, 0.05) is 18.5 Å². The van der Waals surface area contributed by atoms with Crippen molar-refractivity contribution in [3.05, 3.63) is 107 Å². The van der Waals surface area contributed by atoms with E-state index in [1.807, 2.05) is 30.3 Å². The van der Waals surface area contributed by atoms with Crippen LogP contribution in [0.15, 0.2) is 85.5 Å². The van der Waals surface area contributed by atoms with E-state index in [1.54, 1.807) is 64.1 Å². The van der Waals surface area contributed by atoms with Crippen LogP contribution in [-0.2, 0) is 20.7 Å². The van der Waals surface area contributed by atoms with Crippen molar-refractivity contribution in [2.45, 2.75) is 51.8 Å². The molecule has 0 aromatic heterocycles. The van der Waals surface area contributed by atoms with Crippen LogP contribution >= 0.6 is 11.6 Å². The molecule has 0 aliphatic heterocycles. The highest BCUT2D eigenvalue weighted by Crippen LogP contribution is 2.33. The molecule has 0 saturated heterocycles. The van der Waals surface area contributed by atoms with E-state index in [2.05, 4.69) is 17.2 Å². The molecule has 0 aliphatic rings. The number of phenols is 1. The Labute approximate surface area is 246 Å². The fraction of sp³-hybridized carbons (Fsp3) is 0.281. The number of nitrogens with zero attached hydrogens (tertiary/aromatic N) is 1. The first-order valence-corrected chi connectivity index (χ1v) is 13.6. The van der Waals surface area contributed by atoms with Crippen molar-refractivity contribution >= 4 is 35.2 Å². The minimum atomic E-state index is -1.30. The quantitative estimate of drug-likeness (QED) is 0.249. The molecule has 216 valence electrons. The third-order valence-electron chi connectivity index (χ3n) is 6.14. The average molecular weight is 578 g/mol. The molecular weight excluding hydrogens is 542 g/mol. The second-order valence-electron chi connectivity index (χ2n) is 10.6. The van der Waals surface area contributed by atoms with Crippen LogP contribution in [0.2, 0.25) is 5.02 Å². The topological polar surface area (TPSA) is 108 Å². The van der Waals surface area contributed by atoms with Gasteiger partial charge in [-0.1, -0.05) is 78.3 Å². The van der Waals surface area contributed by atoms with Gasteiger partial charge in [-0.2, -0.15) is 0 Å². The number of aryl methyl sites for hydroxylation is 1. The summed E-state index contributed by atoms with van der Waals surface area (Å²) in [6, 6.07) is 18.3. The Morgan fingerprint density at radius 1 is 1.02 bits per heavy atom. The highest BCUT2D eigenvalue weighted by Gasteiger charge is 2.37. The zero-order valence-electron chi connectivity index (χ0n) is 23.7. The monoisotopic (exact) mass is 577 g/mol. The van der Waals surface area contributed by atoms with E-state index in [0.29, 0.717) is 10.7 Å². The normalized spacial score (nSPS) is 12.5. The number of carbonyl (C=O) groups excluding carboxylic acids is 3. The van der Waals surface area contributed by atoms with Crippen molar-refractivity contribution in [2.24, 2.45) is 0 Å². The first-order valence-electron chi connectivity index (χ1n) is 13.2. The van der Waals surface area contributed by atoms with E-state index in [9.17, 15) is 19.5 Å². The molecule has 3 N–H and O–H groups in total. The highest BCUT2D eigenvalue weighted by molar-refractivity contribution is 6.34. The Kier molecular flexibility index (Phi) is 10.6. The molecule has 0 saturated carbocycles. The van der Waals surface area contributed by atoms with Gasteiger partial charge in [0.1, 0.15) is 23.4 Å². The predicted octanol–water partition coefficient (Wildman–Crippen LogP) is 6.18. The lowest BCUT2D eigenvalue weighted by molar-refractivity contribution is -0.140. The third-order valence-corrected chi connectivity index (χ3v) is 6.46. The van der Waals surface area contributed by atoms with Crippen LogP contribution < -0.4 is 10.6 Å². The molecule has 2 atom stereocenters. The smallest absolute Gasteiger partial charge is 0.408 e. The number of hydrogen-bond donors (Lipinski definition) is 3. The number of rotatable bonds is 10. The largest absolute Gasteiger partial charge is 0.508 e. The molecule has 0 heterocycles. The van der Waals surface area contributed by atoms with Gasteiger partial charge in [0.25, 0.3) is 5.91 Å². The second kappa shape index (κ2) is 13.9. The van der Waals surface area contributed by atoms with Gasteiger partial charge in [-0.25, -0.2) is 4.79 Å². The van der Waals surface area contributed by atoms with Gasteiger partial charge in [0.2, 0.25) is 5.91 Å². The maximum atomic E-state index is 14.3. The number of halogens is 1. The van der Waals surface area contributed by atoms with E-state index in [4.69, 9.17) is 16.3 Å². The van der Waals surface area contributed by atoms with Gasteiger partial charge >= 0.3 is 6.09 Å². The van der Waals surface area contributed by atoms with E-state index in [-0.39, 0.29) is 24.3 Å². The van der Waals surface area contributed by atoms with E-state index < -0.39 is 35.6 Å². The SMILES string of the molecule is C=CCN(C(=O)C(Cc1ccccc1)NC(=O)OC(C)(C)C)C(C(=O)Nc1c(C)cccc1Cl)c1ccccc1O. The summed E-state index contributed by atoms with van der Waals surface area (Å²) in [6.45, 7) is 10.7. The summed E-state index contributed by atoms with van der Waals surface area (Å²) < 4.78 is 5.44. The summed E-state index contributed by atoms with van der Waals surface area (Å²) in [4.78, 5) is 42.3. The van der Waals surface area contributed by atoms with Gasteiger partial charge in [0.05, 0.1) is 10.7 Å². The van der Waals surface area contributed by atoms with Gasteiger partial charge in [-0.15, -0.1) is 6.58 Å². The summed E-state index contributed by atoms with van der Waals surface area (Å²) in [5.41, 5.74) is 1.29. The summed E-state index contributed by atoms with van der Waals surface area (Å²) in [5, 5.41) is 16.6. The molecule has 0 radical (unpaired) electrons. The number of alkyl carbamates (subject to hydrolysis) is 1. The molecular formula is C32H36ClN3O5. The summed E-state index contributed by atoms with van der Waals surface area (Å²) in [7, 11) is 0. The van der Waals surface area contributed by atoms with Crippen LogP contribution in [0.1, 0.15) is 43.5 Å². The molecule has 3 aromatic rings. The van der Waals surface area contributed by atoms with Crippen molar-refractivity contribution in [3.8, 4) is 5.75 Å². The van der Waals surface area contributed by atoms with Crippen LogP contribution in [0.3, 0.4) is 0 Å². The zero-order chi connectivity index (χ0) is 30.2. The standard InChI is InChI=1S/C32H36ClN3O5/c1-6-19-36(30(39)25(20-22-14-8-7-9-15-22)34-31(40)41-32(3,4)5)28(23-16-10-11-18-26(23)37)29(38)35-27-21(2)13-12-17-24(27)33/h6-18,25,28,37H,1,19-20H2,2-5H3,(H,34,40)(H,35,38). The fourth-order valence-corrected chi connectivity index (χ4v) is 4.58.